The lowest BCUT2D eigenvalue weighted by Crippen LogP contribution is -2.07. The van der Waals surface area contributed by atoms with Gasteiger partial charge in [0, 0.05) is 18.7 Å². The van der Waals surface area contributed by atoms with Crippen molar-refractivity contribution in [3.05, 3.63) is 47.8 Å². The molecule has 1 aliphatic heterocycles. The first-order chi connectivity index (χ1) is 9.54. The maximum absolute atomic E-state index is 12.5. The minimum Gasteiger partial charge on any atom is -0.316 e. The second-order valence-corrected chi connectivity index (χ2v) is 4.95. The largest absolute Gasteiger partial charge is 0.416 e. The van der Waals surface area contributed by atoms with E-state index in [9.17, 15) is 13.2 Å². The molecule has 1 saturated heterocycles. The molecule has 106 valence electrons. The normalized spacial score (nSPS) is 19.4. The summed E-state index contributed by atoms with van der Waals surface area (Å²) in [5.74, 6) is 0.443. The lowest BCUT2D eigenvalue weighted by Gasteiger charge is -2.07. The first-order valence-electron chi connectivity index (χ1n) is 6.47. The number of nitrogens with one attached hydrogen (secondary N) is 1. The summed E-state index contributed by atoms with van der Waals surface area (Å²) in [4.78, 5) is 0. The Morgan fingerprint density at radius 1 is 1.20 bits per heavy atom. The van der Waals surface area contributed by atoms with Crippen molar-refractivity contribution in [3.8, 4) is 5.69 Å². The Labute approximate surface area is 114 Å². The summed E-state index contributed by atoms with van der Waals surface area (Å²) in [6, 6.07) is 5.03. The van der Waals surface area contributed by atoms with Crippen LogP contribution in [0.4, 0.5) is 13.2 Å². The zero-order valence-corrected chi connectivity index (χ0v) is 10.7. The van der Waals surface area contributed by atoms with Crippen LogP contribution in [-0.4, -0.2) is 22.9 Å². The molecular formula is C14H14F3N3. The van der Waals surface area contributed by atoms with Gasteiger partial charge in [0.1, 0.15) is 0 Å². The fourth-order valence-corrected chi connectivity index (χ4v) is 2.43. The Bertz CT molecular complexity index is 580. The molecule has 1 N–H and O–H groups in total. The van der Waals surface area contributed by atoms with Gasteiger partial charge in [0.05, 0.1) is 17.4 Å². The maximum atomic E-state index is 12.5. The van der Waals surface area contributed by atoms with Crippen LogP contribution in [-0.2, 0) is 6.18 Å². The fourth-order valence-electron chi connectivity index (χ4n) is 2.43. The maximum Gasteiger partial charge on any atom is 0.416 e. The minimum atomic E-state index is -4.30. The second kappa shape index (κ2) is 4.94. The summed E-state index contributed by atoms with van der Waals surface area (Å²) in [7, 11) is 0. The summed E-state index contributed by atoms with van der Waals surface area (Å²) < 4.78 is 39.1. The SMILES string of the molecule is FC(F)(F)c1ccc(-n2cc(C3CCNC3)cn2)cc1. The molecule has 1 fully saturated rings. The smallest absolute Gasteiger partial charge is 0.316 e. The van der Waals surface area contributed by atoms with E-state index in [4.69, 9.17) is 0 Å². The molecule has 3 rings (SSSR count). The van der Waals surface area contributed by atoms with Crippen molar-refractivity contribution in [2.75, 3.05) is 13.1 Å². The molecule has 0 spiro atoms. The van der Waals surface area contributed by atoms with Gasteiger partial charge in [-0.05, 0) is 42.8 Å². The second-order valence-electron chi connectivity index (χ2n) is 4.95. The van der Waals surface area contributed by atoms with E-state index < -0.39 is 11.7 Å². The van der Waals surface area contributed by atoms with Gasteiger partial charge in [0.2, 0.25) is 0 Å². The molecule has 0 amide bonds. The summed E-state index contributed by atoms with van der Waals surface area (Å²) in [5, 5.41) is 7.51. The molecule has 3 nitrogen and oxygen atoms in total. The van der Waals surface area contributed by atoms with Gasteiger partial charge < -0.3 is 5.32 Å². The quantitative estimate of drug-likeness (QED) is 0.917. The summed E-state index contributed by atoms with van der Waals surface area (Å²) in [5.41, 5.74) is 1.11. The number of alkyl halides is 3. The number of benzene rings is 1. The van der Waals surface area contributed by atoms with E-state index in [0.29, 0.717) is 11.6 Å². The highest BCUT2D eigenvalue weighted by molar-refractivity contribution is 5.35. The lowest BCUT2D eigenvalue weighted by molar-refractivity contribution is -0.137. The van der Waals surface area contributed by atoms with E-state index >= 15 is 0 Å². The average Bonchev–Trinajstić information content (AvgIpc) is 3.09. The van der Waals surface area contributed by atoms with Gasteiger partial charge in [-0.2, -0.15) is 18.3 Å². The molecule has 1 unspecified atom stereocenters. The van der Waals surface area contributed by atoms with Crippen LogP contribution in [0, 0.1) is 0 Å². The van der Waals surface area contributed by atoms with Crippen LogP contribution >= 0.6 is 0 Å². The third kappa shape index (κ3) is 2.56. The molecule has 0 saturated carbocycles. The van der Waals surface area contributed by atoms with E-state index in [0.717, 1.165) is 37.2 Å². The number of hydrogen-bond donors (Lipinski definition) is 1. The van der Waals surface area contributed by atoms with Crippen LogP contribution in [0.1, 0.15) is 23.5 Å². The molecule has 1 aliphatic rings. The Morgan fingerprint density at radius 2 is 1.95 bits per heavy atom. The van der Waals surface area contributed by atoms with E-state index in [2.05, 4.69) is 10.4 Å². The van der Waals surface area contributed by atoms with Crippen molar-refractivity contribution in [2.24, 2.45) is 0 Å². The van der Waals surface area contributed by atoms with Crippen molar-refractivity contribution in [1.82, 2.24) is 15.1 Å². The molecule has 2 aromatic rings. The van der Waals surface area contributed by atoms with E-state index in [1.165, 1.54) is 12.1 Å². The summed E-state index contributed by atoms with van der Waals surface area (Å²) in [6.07, 6.45) is 0.442. The highest BCUT2D eigenvalue weighted by Gasteiger charge is 2.30. The lowest BCUT2D eigenvalue weighted by atomic mass is 10.0. The Kier molecular flexibility index (Phi) is 3.25. The van der Waals surface area contributed by atoms with E-state index in [1.54, 1.807) is 10.9 Å². The van der Waals surface area contributed by atoms with Gasteiger partial charge in [-0.3, -0.25) is 0 Å². The van der Waals surface area contributed by atoms with Crippen LogP contribution < -0.4 is 5.32 Å². The Balaban J connectivity index is 1.82. The fraction of sp³-hybridized carbons (Fsp3) is 0.357. The van der Waals surface area contributed by atoms with E-state index in [-0.39, 0.29) is 0 Å². The Morgan fingerprint density at radius 3 is 2.55 bits per heavy atom. The van der Waals surface area contributed by atoms with Crippen molar-refractivity contribution in [2.45, 2.75) is 18.5 Å². The molecular weight excluding hydrogens is 267 g/mol. The molecule has 6 heteroatoms. The molecule has 2 heterocycles. The first-order valence-corrected chi connectivity index (χ1v) is 6.47. The van der Waals surface area contributed by atoms with Gasteiger partial charge in [-0.15, -0.1) is 0 Å². The molecule has 1 atom stereocenters. The van der Waals surface area contributed by atoms with Gasteiger partial charge in [0.15, 0.2) is 0 Å². The minimum absolute atomic E-state index is 0.443. The number of aromatic nitrogens is 2. The van der Waals surface area contributed by atoms with Crippen LogP contribution in [0.3, 0.4) is 0 Å². The first kappa shape index (κ1) is 13.2. The standard InChI is InChI=1S/C14H14F3N3/c15-14(16,17)12-1-3-13(4-2-12)20-9-11(8-19-20)10-5-6-18-7-10/h1-4,8-10,18H,5-7H2. The van der Waals surface area contributed by atoms with Gasteiger partial charge >= 0.3 is 6.18 Å². The highest BCUT2D eigenvalue weighted by Crippen LogP contribution is 2.29. The zero-order valence-electron chi connectivity index (χ0n) is 10.7. The third-order valence-electron chi connectivity index (χ3n) is 3.59. The van der Waals surface area contributed by atoms with Gasteiger partial charge in [0.25, 0.3) is 0 Å². The molecule has 0 radical (unpaired) electrons. The monoisotopic (exact) mass is 281 g/mol. The molecule has 0 aliphatic carbocycles. The van der Waals surface area contributed by atoms with Gasteiger partial charge in [-0.25, -0.2) is 4.68 Å². The topological polar surface area (TPSA) is 29.9 Å². The summed E-state index contributed by atoms with van der Waals surface area (Å²) in [6.45, 7) is 1.93. The van der Waals surface area contributed by atoms with Crippen LogP contribution in [0.2, 0.25) is 0 Å². The molecule has 1 aromatic carbocycles. The number of nitrogens with zero attached hydrogens (tertiary/aromatic N) is 2. The van der Waals surface area contributed by atoms with Crippen molar-refractivity contribution >= 4 is 0 Å². The van der Waals surface area contributed by atoms with E-state index in [1.807, 2.05) is 6.20 Å². The van der Waals surface area contributed by atoms with Gasteiger partial charge in [-0.1, -0.05) is 0 Å². The molecule has 0 bridgehead atoms. The van der Waals surface area contributed by atoms with Crippen molar-refractivity contribution < 1.29 is 13.2 Å². The number of halogens is 3. The van der Waals surface area contributed by atoms with Crippen LogP contribution in [0.15, 0.2) is 36.7 Å². The average molecular weight is 281 g/mol. The Hall–Kier alpha value is -1.82. The van der Waals surface area contributed by atoms with Crippen molar-refractivity contribution in [1.29, 1.82) is 0 Å². The van der Waals surface area contributed by atoms with Crippen LogP contribution in [0.25, 0.3) is 5.69 Å². The zero-order chi connectivity index (χ0) is 14.2. The van der Waals surface area contributed by atoms with Crippen LogP contribution in [0.5, 0.6) is 0 Å². The number of rotatable bonds is 2. The van der Waals surface area contributed by atoms with Crippen molar-refractivity contribution in [3.63, 3.8) is 0 Å². The predicted octanol–water partition coefficient (Wildman–Crippen LogP) is 2.97. The molecule has 20 heavy (non-hydrogen) atoms. The molecule has 1 aromatic heterocycles. The highest BCUT2D eigenvalue weighted by atomic mass is 19.4. The summed E-state index contributed by atoms with van der Waals surface area (Å²) >= 11 is 0. The number of hydrogen-bond acceptors (Lipinski definition) is 2. The third-order valence-corrected chi connectivity index (χ3v) is 3.59. The predicted molar refractivity (Wildman–Crippen MR) is 68.8 cm³/mol.